The number of anilines is 3. The highest BCUT2D eigenvalue weighted by Gasteiger charge is 2.19. The second-order valence-electron chi connectivity index (χ2n) is 12.7. The molecule has 10 heteroatoms. The van der Waals surface area contributed by atoms with Crippen molar-refractivity contribution in [3.05, 3.63) is 107 Å². The first-order chi connectivity index (χ1) is 23.1. The van der Waals surface area contributed by atoms with Crippen molar-refractivity contribution in [1.29, 1.82) is 0 Å². The highest BCUT2D eigenvalue weighted by Crippen LogP contribution is 2.29. The number of rotatable bonds is 14. The summed E-state index contributed by atoms with van der Waals surface area (Å²) < 4.78 is 20.8. The van der Waals surface area contributed by atoms with Crippen LogP contribution in [0, 0.1) is 6.92 Å². The summed E-state index contributed by atoms with van der Waals surface area (Å²) >= 11 is 0. The summed E-state index contributed by atoms with van der Waals surface area (Å²) in [6, 6.07) is 23.5. The zero-order valence-corrected chi connectivity index (χ0v) is 28.9. The molecule has 2 heterocycles. The van der Waals surface area contributed by atoms with E-state index in [0.717, 1.165) is 45.2 Å². The molecule has 48 heavy (non-hydrogen) atoms. The third kappa shape index (κ3) is 8.70. The predicted molar refractivity (Wildman–Crippen MR) is 190 cm³/mol. The Kier molecular flexibility index (Phi) is 11.0. The molecule has 0 unspecified atom stereocenters. The van der Waals surface area contributed by atoms with Crippen LogP contribution in [0.4, 0.5) is 17.2 Å². The molecule has 2 N–H and O–H groups in total. The molecular formula is C38H46N6O4. The third-order valence-corrected chi connectivity index (χ3v) is 7.99. The lowest BCUT2D eigenvalue weighted by Gasteiger charge is -2.20. The number of hydrogen-bond donors (Lipinski definition) is 2. The normalized spacial score (nSPS) is 11.6. The van der Waals surface area contributed by atoms with Gasteiger partial charge in [-0.15, -0.1) is 0 Å². The number of aryl methyl sites for hydroxylation is 1. The van der Waals surface area contributed by atoms with Gasteiger partial charge in [0, 0.05) is 48.0 Å². The first-order valence-corrected chi connectivity index (χ1v) is 16.3. The molecular weight excluding hydrogens is 604 g/mol. The van der Waals surface area contributed by atoms with Gasteiger partial charge >= 0.3 is 0 Å². The van der Waals surface area contributed by atoms with Crippen LogP contribution in [0.5, 0.6) is 5.75 Å². The zero-order chi connectivity index (χ0) is 34.3. The molecule has 1 amide bonds. The SMILES string of the molecule is CCOC(Cn1nc(-c2cnn(Cc3ccc(OC)cc3)c2)cc1Nc1cc(NC(=O)c2cccc(C(C)(C)C)c2)ccc1C)OCC. The third-order valence-electron chi connectivity index (χ3n) is 7.99. The van der Waals surface area contributed by atoms with E-state index in [9.17, 15) is 4.79 Å². The molecule has 0 aliphatic carbocycles. The van der Waals surface area contributed by atoms with E-state index in [-0.39, 0.29) is 11.3 Å². The Hall–Kier alpha value is -4.93. The molecule has 5 aromatic rings. The molecule has 3 aromatic carbocycles. The molecule has 0 spiro atoms. The standard InChI is InChI=1S/C38H46N6O4/c1-8-47-36(48-9-2)25-44-35(21-34(42-44)29-22-39-43(24-29)23-27-14-17-32(46-7)18-15-27)41-33-20-31(16-13-26(33)3)40-37(45)28-11-10-12-30(19-28)38(4,5)6/h10-22,24,36,41H,8-9,23,25H2,1-7H3,(H,40,45). The highest BCUT2D eigenvalue weighted by molar-refractivity contribution is 6.04. The van der Waals surface area contributed by atoms with Gasteiger partial charge in [0.15, 0.2) is 6.29 Å². The van der Waals surface area contributed by atoms with Crippen LogP contribution in [-0.2, 0) is 28.0 Å². The van der Waals surface area contributed by atoms with Crippen molar-refractivity contribution in [2.24, 2.45) is 0 Å². The van der Waals surface area contributed by atoms with E-state index in [0.29, 0.717) is 37.6 Å². The minimum absolute atomic E-state index is 0.0579. The van der Waals surface area contributed by atoms with E-state index < -0.39 is 6.29 Å². The Morgan fingerprint density at radius 1 is 0.958 bits per heavy atom. The Morgan fingerprint density at radius 2 is 1.71 bits per heavy atom. The van der Waals surface area contributed by atoms with Crippen molar-refractivity contribution in [1.82, 2.24) is 19.6 Å². The molecule has 0 bridgehead atoms. The Labute approximate surface area is 283 Å². The quantitative estimate of drug-likeness (QED) is 0.118. The fourth-order valence-electron chi connectivity index (χ4n) is 5.27. The number of ether oxygens (including phenoxy) is 3. The number of nitrogens with zero attached hydrogens (tertiary/aromatic N) is 4. The molecule has 0 saturated carbocycles. The molecule has 0 saturated heterocycles. The number of methoxy groups -OCH3 is 1. The number of aromatic nitrogens is 4. The predicted octanol–water partition coefficient (Wildman–Crippen LogP) is 7.80. The highest BCUT2D eigenvalue weighted by atomic mass is 16.7. The lowest BCUT2D eigenvalue weighted by atomic mass is 9.86. The van der Waals surface area contributed by atoms with Gasteiger partial charge in [-0.25, -0.2) is 4.68 Å². The second kappa shape index (κ2) is 15.3. The summed E-state index contributed by atoms with van der Waals surface area (Å²) in [5, 5.41) is 16.2. The molecule has 0 atom stereocenters. The zero-order valence-electron chi connectivity index (χ0n) is 28.9. The first-order valence-electron chi connectivity index (χ1n) is 16.3. The van der Waals surface area contributed by atoms with Crippen LogP contribution >= 0.6 is 0 Å². The minimum atomic E-state index is -0.471. The van der Waals surface area contributed by atoms with E-state index in [2.05, 4.69) is 42.6 Å². The maximum Gasteiger partial charge on any atom is 0.255 e. The van der Waals surface area contributed by atoms with Gasteiger partial charge in [-0.2, -0.15) is 10.2 Å². The summed E-state index contributed by atoms with van der Waals surface area (Å²) in [5.41, 5.74) is 6.94. The van der Waals surface area contributed by atoms with Crippen LogP contribution in [0.15, 0.2) is 85.2 Å². The Morgan fingerprint density at radius 3 is 2.40 bits per heavy atom. The van der Waals surface area contributed by atoms with E-state index >= 15 is 0 Å². The number of hydrogen-bond acceptors (Lipinski definition) is 7. The number of benzene rings is 3. The number of amides is 1. The molecule has 0 radical (unpaired) electrons. The van der Waals surface area contributed by atoms with Crippen molar-refractivity contribution < 1.29 is 19.0 Å². The van der Waals surface area contributed by atoms with Crippen LogP contribution in [0.25, 0.3) is 11.3 Å². The van der Waals surface area contributed by atoms with Crippen LogP contribution in [0.3, 0.4) is 0 Å². The van der Waals surface area contributed by atoms with Gasteiger partial charge in [-0.05, 0) is 79.3 Å². The fourth-order valence-corrected chi connectivity index (χ4v) is 5.27. The molecule has 252 valence electrons. The smallest absolute Gasteiger partial charge is 0.255 e. The van der Waals surface area contributed by atoms with Crippen molar-refractivity contribution in [2.45, 2.75) is 66.3 Å². The molecule has 0 aliphatic heterocycles. The van der Waals surface area contributed by atoms with E-state index in [1.54, 1.807) is 7.11 Å². The van der Waals surface area contributed by atoms with Crippen molar-refractivity contribution in [2.75, 3.05) is 31.0 Å². The first kappa shape index (κ1) is 34.4. The lowest BCUT2D eigenvalue weighted by molar-refractivity contribution is -0.144. The maximum absolute atomic E-state index is 13.3. The number of nitrogens with one attached hydrogen (secondary N) is 2. The maximum atomic E-state index is 13.3. The summed E-state index contributed by atoms with van der Waals surface area (Å²) in [6.45, 7) is 14.3. The van der Waals surface area contributed by atoms with Crippen molar-refractivity contribution >= 4 is 23.1 Å². The largest absolute Gasteiger partial charge is 0.497 e. The summed E-state index contributed by atoms with van der Waals surface area (Å²) in [7, 11) is 1.66. The van der Waals surface area contributed by atoms with Crippen LogP contribution in [0.2, 0.25) is 0 Å². The average Bonchev–Trinajstić information content (AvgIpc) is 3.69. The van der Waals surface area contributed by atoms with E-state index in [1.165, 1.54) is 0 Å². The summed E-state index contributed by atoms with van der Waals surface area (Å²) in [4.78, 5) is 13.3. The Balaban J connectivity index is 1.40. The minimum Gasteiger partial charge on any atom is -0.497 e. The number of carbonyl (C=O) groups is 1. The van der Waals surface area contributed by atoms with Gasteiger partial charge in [0.1, 0.15) is 11.6 Å². The second-order valence-corrected chi connectivity index (χ2v) is 12.7. The van der Waals surface area contributed by atoms with Gasteiger partial charge in [0.2, 0.25) is 0 Å². The van der Waals surface area contributed by atoms with E-state index in [4.69, 9.17) is 19.3 Å². The van der Waals surface area contributed by atoms with Gasteiger partial charge in [0.05, 0.1) is 32.1 Å². The topological polar surface area (TPSA) is 104 Å². The monoisotopic (exact) mass is 650 g/mol. The van der Waals surface area contributed by atoms with Gasteiger partial charge in [0.25, 0.3) is 5.91 Å². The molecule has 5 rings (SSSR count). The molecule has 2 aromatic heterocycles. The van der Waals surface area contributed by atoms with E-state index in [1.807, 2.05) is 109 Å². The number of carbonyl (C=O) groups excluding carboxylic acids is 1. The Bertz CT molecular complexity index is 1810. The van der Waals surface area contributed by atoms with Gasteiger partial charge in [-0.3, -0.25) is 9.48 Å². The van der Waals surface area contributed by atoms with Crippen molar-refractivity contribution in [3.8, 4) is 17.0 Å². The summed E-state index contributed by atoms with van der Waals surface area (Å²) in [5.74, 6) is 1.41. The fraction of sp³-hybridized carbons (Fsp3) is 0.342. The molecule has 0 fully saturated rings. The van der Waals surface area contributed by atoms with Crippen LogP contribution in [0.1, 0.15) is 61.7 Å². The molecule has 10 nitrogen and oxygen atoms in total. The van der Waals surface area contributed by atoms with Gasteiger partial charge in [-0.1, -0.05) is 51.1 Å². The van der Waals surface area contributed by atoms with Crippen LogP contribution in [-0.4, -0.2) is 52.1 Å². The average molecular weight is 651 g/mol. The summed E-state index contributed by atoms with van der Waals surface area (Å²) in [6.07, 6.45) is 3.33. The van der Waals surface area contributed by atoms with Gasteiger partial charge < -0.3 is 24.8 Å². The molecule has 0 aliphatic rings. The lowest BCUT2D eigenvalue weighted by Crippen LogP contribution is -2.25. The van der Waals surface area contributed by atoms with Crippen molar-refractivity contribution in [3.63, 3.8) is 0 Å². The van der Waals surface area contributed by atoms with Crippen LogP contribution < -0.4 is 15.4 Å².